The summed E-state index contributed by atoms with van der Waals surface area (Å²) < 4.78 is 0. The van der Waals surface area contributed by atoms with E-state index in [0.717, 1.165) is 22.2 Å². The van der Waals surface area contributed by atoms with Gasteiger partial charge in [0.1, 0.15) is 5.82 Å². The number of benzene rings is 1. The summed E-state index contributed by atoms with van der Waals surface area (Å²) in [5, 5.41) is 1.14. The van der Waals surface area contributed by atoms with Crippen LogP contribution in [0.1, 0.15) is 24.2 Å². The molecule has 0 saturated heterocycles. The Labute approximate surface area is 140 Å². The normalized spacial score (nSPS) is 12.6. The number of amides is 1. The fraction of sp³-hybridized carbons (Fsp3) is 0.158. The number of rotatable bonds is 4. The number of anilines is 1. The molecule has 1 unspecified atom stereocenters. The largest absolute Gasteiger partial charge is 0.384 e. The number of likely N-dealkylation sites (N-methyl/N-ethyl adjacent to an activating group) is 1. The van der Waals surface area contributed by atoms with Crippen molar-refractivity contribution < 1.29 is 4.79 Å². The van der Waals surface area contributed by atoms with Gasteiger partial charge in [-0.15, -0.1) is 0 Å². The summed E-state index contributed by atoms with van der Waals surface area (Å²) in [5.74, 6) is 0.390. The van der Waals surface area contributed by atoms with Gasteiger partial charge in [0.05, 0.1) is 6.04 Å². The fourth-order valence-corrected chi connectivity index (χ4v) is 2.52. The topological polar surface area (TPSA) is 75.0 Å². The number of nitrogen functional groups attached to an aromatic ring is 1. The monoisotopic (exact) mass is 320 g/mol. The number of aromatic amines is 1. The Kier molecular flexibility index (Phi) is 4.33. The molecule has 5 nitrogen and oxygen atoms in total. The fourth-order valence-electron chi connectivity index (χ4n) is 2.52. The van der Waals surface area contributed by atoms with Crippen LogP contribution in [0.3, 0.4) is 0 Å². The van der Waals surface area contributed by atoms with Crippen LogP contribution in [-0.2, 0) is 4.79 Å². The van der Waals surface area contributed by atoms with Crippen molar-refractivity contribution in [3.05, 3.63) is 66.0 Å². The Morgan fingerprint density at radius 3 is 2.79 bits per heavy atom. The molecule has 122 valence electrons. The van der Waals surface area contributed by atoms with Crippen molar-refractivity contribution in [1.29, 1.82) is 0 Å². The third-order valence-corrected chi connectivity index (χ3v) is 4.16. The van der Waals surface area contributed by atoms with Gasteiger partial charge in [-0.2, -0.15) is 0 Å². The number of nitrogens with one attached hydrogen (secondary N) is 1. The molecule has 1 atom stereocenters. The van der Waals surface area contributed by atoms with Gasteiger partial charge in [-0.3, -0.25) is 4.79 Å². The Hall–Kier alpha value is -3.08. The summed E-state index contributed by atoms with van der Waals surface area (Å²) in [5.41, 5.74) is 8.47. The first-order valence-corrected chi connectivity index (χ1v) is 7.78. The van der Waals surface area contributed by atoms with Crippen LogP contribution in [0, 0.1) is 0 Å². The van der Waals surface area contributed by atoms with Gasteiger partial charge < -0.3 is 15.6 Å². The number of pyridine rings is 1. The lowest BCUT2D eigenvalue weighted by molar-refractivity contribution is -0.126. The van der Waals surface area contributed by atoms with E-state index in [1.807, 2.05) is 31.2 Å². The number of carbonyl (C=O) groups excluding carboxylic acids is 1. The Bertz CT molecular complexity index is 847. The van der Waals surface area contributed by atoms with Crippen LogP contribution in [0.5, 0.6) is 0 Å². The molecular weight excluding hydrogens is 300 g/mol. The third kappa shape index (κ3) is 3.30. The first kappa shape index (κ1) is 15.8. The van der Waals surface area contributed by atoms with Gasteiger partial charge in [0, 0.05) is 30.5 Å². The SMILES string of the molecule is CC(c1cc2ccccc2[nH]1)N(C)C(=O)/C=C/c1ccc(N)nc1. The zero-order valence-corrected chi connectivity index (χ0v) is 13.7. The second kappa shape index (κ2) is 6.58. The van der Waals surface area contributed by atoms with Crippen molar-refractivity contribution in [2.45, 2.75) is 13.0 Å². The molecule has 24 heavy (non-hydrogen) atoms. The molecule has 0 saturated carbocycles. The summed E-state index contributed by atoms with van der Waals surface area (Å²) in [6.45, 7) is 2.00. The highest BCUT2D eigenvalue weighted by atomic mass is 16.2. The molecule has 0 bridgehead atoms. The van der Waals surface area contributed by atoms with E-state index in [2.05, 4.69) is 22.1 Å². The molecule has 1 amide bonds. The molecule has 0 spiro atoms. The van der Waals surface area contributed by atoms with Crippen LogP contribution < -0.4 is 5.73 Å². The molecule has 3 aromatic rings. The zero-order valence-electron chi connectivity index (χ0n) is 13.7. The number of hydrogen-bond donors (Lipinski definition) is 2. The number of nitrogens with zero attached hydrogens (tertiary/aromatic N) is 2. The predicted molar refractivity (Wildman–Crippen MR) is 97.2 cm³/mol. The molecule has 2 aromatic heterocycles. The van der Waals surface area contributed by atoms with E-state index in [1.165, 1.54) is 0 Å². The van der Waals surface area contributed by atoms with E-state index < -0.39 is 0 Å². The number of carbonyl (C=O) groups is 1. The maximum atomic E-state index is 12.4. The predicted octanol–water partition coefficient (Wildman–Crippen LogP) is 3.38. The lowest BCUT2D eigenvalue weighted by Crippen LogP contribution is -2.28. The molecule has 0 aliphatic rings. The maximum Gasteiger partial charge on any atom is 0.246 e. The van der Waals surface area contributed by atoms with Crippen LogP contribution in [-0.4, -0.2) is 27.8 Å². The molecule has 0 aliphatic heterocycles. The number of aromatic nitrogens is 2. The first-order valence-electron chi connectivity index (χ1n) is 7.78. The lowest BCUT2D eigenvalue weighted by Gasteiger charge is -2.22. The molecule has 0 radical (unpaired) electrons. The number of hydrogen-bond acceptors (Lipinski definition) is 3. The standard InChI is InChI=1S/C19H20N4O/c1-13(17-11-15-5-3-4-6-16(15)22-17)23(2)19(24)10-8-14-7-9-18(20)21-12-14/h3-13,22H,1-2H3,(H2,20,21)/b10-8+. The first-order chi connectivity index (χ1) is 11.5. The van der Waals surface area contributed by atoms with Crippen molar-refractivity contribution in [1.82, 2.24) is 14.9 Å². The van der Waals surface area contributed by atoms with E-state index in [-0.39, 0.29) is 11.9 Å². The van der Waals surface area contributed by atoms with Gasteiger partial charge in [0.25, 0.3) is 0 Å². The number of nitrogens with two attached hydrogens (primary N) is 1. The Balaban J connectivity index is 1.73. The highest BCUT2D eigenvalue weighted by Gasteiger charge is 2.17. The van der Waals surface area contributed by atoms with Crippen LogP contribution >= 0.6 is 0 Å². The van der Waals surface area contributed by atoms with Crippen LogP contribution in [0.25, 0.3) is 17.0 Å². The van der Waals surface area contributed by atoms with Crippen molar-refractivity contribution in [3.63, 3.8) is 0 Å². The van der Waals surface area contributed by atoms with E-state index in [9.17, 15) is 4.79 Å². The van der Waals surface area contributed by atoms with Crippen molar-refractivity contribution in [2.75, 3.05) is 12.8 Å². The number of H-pyrrole nitrogens is 1. The summed E-state index contributed by atoms with van der Waals surface area (Å²) in [6.07, 6.45) is 4.93. The molecule has 0 aliphatic carbocycles. The second-order valence-electron chi connectivity index (χ2n) is 5.79. The van der Waals surface area contributed by atoms with Crippen LogP contribution in [0.15, 0.2) is 54.7 Å². The summed E-state index contributed by atoms with van der Waals surface area (Å²) in [6, 6.07) is 13.6. The minimum Gasteiger partial charge on any atom is -0.384 e. The minimum absolute atomic E-state index is 0.0564. The Morgan fingerprint density at radius 1 is 1.29 bits per heavy atom. The van der Waals surface area contributed by atoms with Gasteiger partial charge in [0.15, 0.2) is 0 Å². The van der Waals surface area contributed by atoms with Crippen LogP contribution in [0.2, 0.25) is 0 Å². The Morgan fingerprint density at radius 2 is 2.08 bits per heavy atom. The van der Waals surface area contributed by atoms with Gasteiger partial charge in [-0.05, 0) is 48.2 Å². The zero-order chi connectivity index (χ0) is 17.1. The summed E-state index contributed by atoms with van der Waals surface area (Å²) in [4.78, 5) is 21.5. The van der Waals surface area contributed by atoms with E-state index in [1.54, 1.807) is 36.4 Å². The van der Waals surface area contributed by atoms with Gasteiger partial charge in [0.2, 0.25) is 5.91 Å². The van der Waals surface area contributed by atoms with E-state index in [0.29, 0.717) is 5.82 Å². The second-order valence-corrected chi connectivity index (χ2v) is 5.79. The molecule has 5 heteroatoms. The molecular formula is C19H20N4O. The number of para-hydroxylation sites is 1. The number of fused-ring (bicyclic) bond motifs is 1. The molecule has 3 N–H and O–H groups in total. The van der Waals surface area contributed by atoms with Crippen molar-refractivity contribution >= 4 is 28.7 Å². The molecule has 1 aromatic carbocycles. The molecule has 0 fully saturated rings. The third-order valence-electron chi connectivity index (χ3n) is 4.16. The summed E-state index contributed by atoms with van der Waals surface area (Å²) in [7, 11) is 1.80. The van der Waals surface area contributed by atoms with Crippen molar-refractivity contribution in [3.8, 4) is 0 Å². The van der Waals surface area contributed by atoms with Gasteiger partial charge in [-0.1, -0.05) is 18.2 Å². The quantitative estimate of drug-likeness (QED) is 0.724. The lowest BCUT2D eigenvalue weighted by atomic mass is 10.2. The molecule has 3 rings (SSSR count). The van der Waals surface area contributed by atoms with Crippen molar-refractivity contribution in [2.24, 2.45) is 0 Å². The highest BCUT2D eigenvalue weighted by Crippen LogP contribution is 2.23. The average Bonchev–Trinajstić information content (AvgIpc) is 3.03. The van der Waals surface area contributed by atoms with E-state index in [4.69, 9.17) is 5.73 Å². The average molecular weight is 320 g/mol. The summed E-state index contributed by atoms with van der Waals surface area (Å²) >= 11 is 0. The van der Waals surface area contributed by atoms with Gasteiger partial charge >= 0.3 is 0 Å². The van der Waals surface area contributed by atoms with E-state index >= 15 is 0 Å². The van der Waals surface area contributed by atoms with Crippen LogP contribution in [0.4, 0.5) is 5.82 Å². The maximum absolute atomic E-state index is 12.4. The molecule has 2 heterocycles. The van der Waals surface area contributed by atoms with Gasteiger partial charge in [-0.25, -0.2) is 4.98 Å². The smallest absolute Gasteiger partial charge is 0.246 e. The minimum atomic E-state index is -0.0713. The highest BCUT2D eigenvalue weighted by molar-refractivity contribution is 5.92.